The van der Waals surface area contributed by atoms with Gasteiger partial charge in [0, 0.05) is 61.2 Å². The summed E-state index contributed by atoms with van der Waals surface area (Å²) in [6.45, 7) is 3.71. The summed E-state index contributed by atoms with van der Waals surface area (Å²) in [5.41, 5.74) is 3.20. The van der Waals surface area contributed by atoms with Crippen molar-refractivity contribution < 1.29 is 0 Å². The average molecular weight is 400 g/mol. The van der Waals surface area contributed by atoms with Gasteiger partial charge < -0.3 is 15.1 Å². The van der Waals surface area contributed by atoms with Crippen molar-refractivity contribution in [2.45, 2.75) is 0 Å². The number of thiocarbonyl (C=S) groups is 1. The standard InChI is InChI=1S/C23H21N5S/c29-23(28-13-11-27(12-14-28)18-5-2-1-3-6-18)26-21-15-17-8-10-24-16-20(17)22-19(21)7-4-9-25-22/h1-10,15-16H,11-14H2,(H,26,29). The second-order valence-electron chi connectivity index (χ2n) is 7.16. The van der Waals surface area contributed by atoms with Crippen molar-refractivity contribution in [3.8, 4) is 0 Å². The second-order valence-corrected chi connectivity index (χ2v) is 7.55. The molecule has 0 spiro atoms. The third kappa shape index (κ3) is 3.47. The molecule has 29 heavy (non-hydrogen) atoms. The highest BCUT2D eigenvalue weighted by atomic mass is 32.1. The van der Waals surface area contributed by atoms with Crippen molar-refractivity contribution >= 4 is 50.4 Å². The van der Waals surface area contributed by atoms with Crippen molar-refractivity contribution in [2.24, 2.45) is 0 Å². The number of anilines is 2. The second kappa shape index (κ2) is 7.64. The molecule has 0 amide bonds. The van der Waals surface area contributed by atoms with Gasteiger partial charge in [-0.15, -0.1) is 0 Å². The molecule has 5 nitrogen and oxygen atoms in total. The molecule has 1 N–H and O–H groups in total. The van der Waals surface area contributed by atoms with Gasteiger partial charge in [0.2, 0.25) is 0 Å². The van der Waals surface area contributed by atoms with Gasteiger partial charge >= 0.3 is 0 Å². The van der Waals surface area contributed by atoms with Crippen LogP contribution in [-0.2, 0) is 0 Å². The molecule has 1 fully saturated rings. The average Bonchev–Trinajstić information content (AvgIpc) is 2.80. The molecule has 0 radical (unpaired) electrons. The number of fused-ring (bicyclic) bond motifs is 3. The maximum Gasteiger partial charge on any atom is 0.173 e. The molecule has 144 valence electrons. The summed E-state index contributed by atoms with van der Waals surface area (Å²) < 4.78 is 0. The number of hydrogen-bond acceptors (Lipinski definition) is 4. The maximum absolute atomic E-state index is 5.76. The highest BCUT2D eigenvalue weighted by Crippen LogP contribution is 2.30. The number of para-hydroxylation sites is 1. The van der Waals surface area contributed by atoms with Gasteiger partial charge in [0.25, 0.3) is 0 Å². The van der Waals surface area contributed by atoms with Gasteiger partial charge in [0.1, 0.15) is 0 Å². The zero-order chi connectivity index (χ0) is 19.6. The van der Waals surface area contributed by atoms with Gasteiger partial charge in [-0.1, -0.05) is 18.2 Å². The van der Waals surface area contributed by atoms with Crippen molar-refractivity contribution in [3.63, 3.8) is 0 Å². The van der Waals surface area contributed by atoms with E-state index in [1.54, 1.807) is 0 Å². The summed E-state index contributed by atoms with van der Waals surface area (Å²) in [7, 11) is 0. The smallest absolute Gasteiger partial charge is 0.173 e. The van der Waals surface area contributed by atoms with Gasteiger partial charge in [-0.25, -0.2) is 0 Å². The van der Waals surface area contributed by atoms with Crippen molar-refractivity contribution in [3.05, 3.63) is 73.2 Å². The van der Waals surface area contributed by atoms with Crippen LogP contribution < -0.4 is 10.2 Å². The molecule has 0 atom stereocenters. The van der Waals surface area contributed by atoms with E-state index in [9.17, 15) is 0 Å². The Morgan fingerprint density at radius 1 is 0.897 bits per heavy atom. The van der Waals surface area contributed by atoms with E-state index < -0.39 is 0 Å². The van der Waals surface area contributed by atoms with E-state index in [0.29, 0.717) is 0 Å². The number of aromatic nitrogens is 2. The van der Waals surface area contributed by atoms with Crippen LogP contribution in [0.3, 0.4) is 0 Å². The summed E-state index contributed by atoms with van der Waals surface area (Å²) in [4.78, 5) is 13.5. The van der Waals surface area contributed by atoms with Crippen molar-refractivity contribution in [1.82, 2.24) is 14.9 Å². The lowest BCUT2D eigenvalue weighted by atomic mass is 10.1. The molecule has 1 saturated heterocycles. The summed E-state index contributed by atoms with van der Waals surface area (Å²) in [6.07, 6.45) is 5.50. The number of rotatable bonds is 2. The third-order valence-corrected chi connectivity index (χ3v) is 5.80. The highest BCUT2D eigenvalue weighted by Gasteiger charge is 2.20. The van der Waals surface area contributed by atoms with Crippen molar-refractivity contribution in [2.75, 3.05) is 36.4 Å². The highest BCUT2D eigenvalue weighted by molar-refractivity contribution is 7.80. The Hall–Kier alpha value is -3.25. The molecule has 0 saturated carbocycles. The Kier molecular flexibility index (Phi) is 4.69. The first-order chi connectivity index (χ1) is 14.3. The molecule has 2 aromatic carbocycles. The van der Waals surface area contributed by atoms with E-state index in [1.807, 2.05) is 30.7 Å². The summed E-state index contributed by atoms with van der Waals surface area (Å²) in [6, 6.07) is 18.7. The summed E-state index contributed by atoms with van der Waals surface area (Å²) in [5, 5.41) is 7.45. The number of piperazine rings is 1. The van der Waals surface area contributed by atoms with Crippen LogP contribution in [-0.4, -0.2) is 46.2 Å². The number of nitrogens with one attached hydrogen (secondary N) is 1. The molecular weight excluding hydrogens is 378 g/mol. The van der Waals surface area contributed by atoms with E-state index in [4.69, 9.17) is 12.2 Å². The van der Waals surface area contributed by atoms with Gasteiger partial charge in [0.15, 0.2) is 5.11 Å². The van der Waals surface area contributed by atoms with Crippen LogP contribution >= 0.6 is 12.2 Å². The van der Waals surface area contributed by atoms with Crippen molar-refractivity contribution in [1.29, 1.82) is 0 Å². The molecular formula is C23H21N5S. The Labute approximate surface area is 175 Å². The number of hydrogen-bond donors (Lipinski definition) is 1. The predicted octanol–water partition coefficient (Wildman–Crippen LogP) is 4.30. The Balaban J connectivity index is 1.36. The monoisotopic (exact) mass is 399 g/mol. The molecule has 0 unspecified atom stereocenters. The molecule has 5 rings (SSSR count). The van der Waals surface area contributed by atoms with Gasteiger partial charge in [0.05, 0.1) is 11.2 Å². The van der Waals surface area contributed by atoms with E-state index in [2.05, 4.69) is 67.5 Å². The molecule has 4 aromatic rings. The SMILES string of the molecule is S=C(Nc1cc2ccncc2c2ncccc12)N1CCN(c2ccccc2)CC1. The summed E-state index contributed by atoms with van der Waals surface area (Å²) in [5.74, 6) is 0. The zero-order valence-corrected chi connectivity index (χ0v) is 16.8. The van der Waals surface area contributed by atoms with E-state index in [-0.39, 0.29) is 0 Å². The summed E-state index contributed by atoms with van der Waals surface area (Å²) >= 11 is 5.76. The van der Waals surface area contributed by atoms with Gasteiger partial charge in [-0.05, 0) is 54.0 Å². The molecule has 0 bridgehead atoms. The van der Waals surface area contributed by atoms with Crippen LogP contribution in [0.25, 0.3) is 21.7 Å². The normalized spacial score (nSPS) is 14.3. The number of pyridine rings is 2. The fourth-order valence-electron chi connectivity index (χ4n) is 3.90. The minimum Gasteiger partial charge on any atom is -0.368 e. The first-order valence-electron chi connectivity index (χ1n) is 9.77. The first-order valence-corrected chi connectivity index (χ1v) is 10.2. The Bertz CT molecular complexity index is 1170. The van der Waals surface area contributed by atoms with E-state index in [0.717, 1.165) is 58.7 Å². The molecule has 1 aliphatic heterocycles. The number of benzene rings is 2. The minimum absolute atomic E-state index is 0.760. The van der Waals surface area contributed by atoms with Crippen LogP contribution in [0.5, 0.6) is 0 Å². The molecule has 2 aromatic heterocycles. The first kappa shape index (κ1) is 17.8. The lowest BCUT2D eigenvalue weighted by molar-refractivity contribution is 0.391. The van der Waals surface area contributed by atoms with Crippen LogP contribution in [0.4, 0.5) is 11.4 Å². The Morgan fingerprint density at radius 2 is 1.72 bits per heavy atom. The van der Waals surface area contributed by atoms with E-state index >= 15 is 0 Å². The minimum atomic E-state index is 0.760. The lowest BCUT2D eigenvalue weighted by Crippen LogP contribution is -2.50. The fourth-order valence-corrected chi connectivity index (χ4v) is 4.20. The molecule has 3 heterocycles. The third-order valence-electron chi connectivity index (χ3n) is 5.44. The van der Waals surface area contributed by atoms with Crippen LogP contribution in [0.1, 0.15) is 0 Å². The quantitative estimate of drug-likeness (QED) is 0.400. The van der Waals surface area contributed by atoms with E-state index in [1.165, 1.54) is 5.69 Å². The van der Waals surface area contributed by atoms with Gasteiger partial charge in [-0.2, -0.15) is 0 Å². The Morgan fingerprint density at radius 3 is 2.55 bits per heavy atom. The predicted molar refractivity (Wildman–Crippen MR) is 123 cm³/mol. The van der Waals surface area contributed by atoms with Crippen LogP contribution in [0.2, 0.25) is 0 Å². The molecule has 0 aliphatic carbocycles. The zero-order valence-electron chi connectivity index (χ0n) is 16.0. The van der Waals surface area contributed by atoms with Crippen LogP contribution in [0, 0.1) is 0 Å². The molecule has 6 heteroatoms. The maximum atomic E-state index is 5.76. The fraction of sp³-hybridized carbons (Fsp3) is 0.174. The largest absolute Gasteiger partial charge is 0.368 e. The van der Waals surface area contributed by atoms with Crippen LogP contribution in [0.15, 0.2) is 73.2 Å². The topological polar surface area (TPSA) is 44.3 Å². The van der Waals surface area contributed by atoms with Gasteiger partial charge in [-0.3, -0.25) is 9.97 Å². The lowest BCUT2D eigenvalue weighted by Gasteiger charge is -2.37. The number of nitrogens with zero attached hydrogens (tertiary/aromatic N) is 4. The molecule has 1 aliphatic rings.